The minimum Gasteiger partial charge on any atom is -0.264 e. The summed E-state index contributed by atoms with van der Waals surface area (Å²) in [7, 11) is 0. The summed E-state index contributed by atoms with van der Waals surface area (Å²) >= 11 is 3.43. The highest BCUT2D eigenvalue weighted by Gasteiger charge is 2.25. The van der Waals surface area contributed by atoms with Gasteiger partial charge in [-0.2, -0.15) is 5.11 Å². The molecule has 0 radical (unpaired) electrons. The van der Waals surface area contributed by atoms with Crippen LogP contribution in [0.1, 0.15) is 11.6 Å². The summed E-state index contributed by atoms with van der Waals surface area (Å²) in [5, 5.41) is 10.3. The molecule has 18 heavy (non-hydrogen) atoms. The Hall–Kier alpha value is -1.75. The van der Waals surface area contributed by atoms with E-state index < -0.39 is 0 Å². The zero-order valence-corrected chi connectivity index (χ0v) is 11.2. The molecule has 0 spiro atoms. The Bertz CT molecular complexity index is 553. The van der Waals surface area contributed by atoms with Gasteiger partial charge in [0.05, 0.1) is 12.2 Å². The van der Waals surface area contributed by atoms with Crippen LogP contribution in [0.25, 0.3) is 0 Å². The molecule has 0 fully saturated rings. The fourth-order valence-corrected chi connectivity index (χ4v) is 2.23. The van der Waals surface area contributed by atoms with E-state index in [1.54, 1.807) is 6.20 Å². The van der Waals surface area contributed by atoms with Crippen molar-refractivity contribution in [2.45, 2.75) is 6.04 Å². The summed E-state index contributed by atoms with van der Waals surface area (Å²) in [5.74, 6) is 0. The van der Waals surface area contributed by atoms with Gasteiger partial charge in [-0.1, -0.05) is 27.2 Å². The Morgan fingerprint density at radius 2 is 2.00 bits per heavy atom. The molecule has 5 heteroatoms. The average molecular weight is 303 g/mol. The van der Waals surface area contributed by atoms with Crippen LogP contribution in [-0.4, -0.2) is 11.5 Å². The van der Waals surface area contributed by atoms with E-state index in [0.29, 0.717) is 6.54 Å². The van der Waals surface area contributed by atoms with Crippen molar-refractivity contribution in [3.8, 4) is 0 Å². The minimum atomic E-state index is 0.139. The summed E-state index contributed by atoms with van der Waals surface area (Å²) in [6.07, 6.45) is 3.64. The van der Waals surface area contributed by atoms with Crippen molar-refractivity contribution in [1.29, 1.82) is 0 Å². The molecule has 0 bridgehead atoms. The van der Waals surface area contributed by atoms with E-state index in [-0.39, 0.29) is 6.04 Å². The molecule has 2 aromatic rings. The standard InChI is InChI=1S/C13H11BrN4/c14-11-3-5-12(6-4-11)18-13(9-16-17-18)10-2-1-7-15-8-10/h1-8,13H,9H2. The third-order valence-electron chi connectivity index (χ3n) is 2.87. The fourth-order valence-electron chi connectivity index (χ4n) is 1.97. The second kappa shape index (κ2) is 4.86. The number of hydrogen-bond acceptors (Lipinski definition) is 4. The second-order valence-electron chi connectivity index (χ2n) is 4.04. The zero-order chi connectivity index (χ0) is 12.4. The van der Waals surface area contributed by atoms with Crippen LogP contribution >= 0.6 is 15.9 Å². The van der Waals surface area contributed by atoms with Crippen LogP contribution in [0, 0.1) is 0 Å². The number of rotatable bonds is 2. The molecule has 1 atom stereocenters. The van der Waals surface area contributed by atoms with Crippen molar-refractivity contribution in [2.75, 3.05) is 11.6 Å². The van der Waals surface area contributed by atoms with Crippen molar-refractivity contribution in [1.82, 2.24) is 4.98 Å². The Kier molecular flexibility index (Phi) is 3.06. The van der Waals surface area contributed by atoms with Gasteiger partial charge in [0.2, 0.25) is 0 Å². The number of benzene rings is 1. The van der Waals surface area contributed by atoms with Crippen LogP contribution < -0.4 is 5.01 Å². The molecule has 1 aliphatic heterocycles. The van der Waals surface area contributed by atoms with Gasteiger partial charge in [0.1, 0.15) is 6.04 Å². The zero-order valence-electron chi connectivity index (χ0n) is 9.57. The Morgan fingerprint density at radius 3 is 2.72 bits per heavy atom. The number of pyridine rings is 1. The highest BCUT2D eigenvalue weighted by Crippen LogP contribution is 2.32. The lowest BCUT2D eigenvalue weighted by atomic mass is 10.1. The Balaban J connectivity index is 1.91. The van der Waals surface area contributed by atoms with E-state index in [9.17, 15) is 0 Å². The first-order valence-electron chi connectivity index (χ1n) is 5.67. The van der Waals surface area contributed by atoms with Crippen LogP contribution in [0.3, 0.4) is 0 Å². The molecule has 0 amide bonds. The third kappa shape index (κ3) is 2.13. The maximum atomic E-state index is 4.21. The molecule has 90 valence electrons. The summed E-state index contributed by atoms with van der Waals surface area (Å²) < 4.78 is 1.06. The molecule has 0 saturated heterocycles. The first-order chi connectivity index (χ1) is 8.84. The lowest BCUT2D eigenvalue weighted by Crippen LogP contribution is -2.20. The minimum absolute atomic E-state index is 0.139. The third-order valence-corrected chi connectivity index (χ3v) is 3.40. The number of aromatic nitrogens is 1. The van der Waals surface area contributed by atoms with Crippen LogP contribution in [0.15, 0.2) is 63.6 Å². The van der Waals surface area contributed by atoms with E-state index in [0.717, 1.165) is 15.7 Å². The van der Waals surface area contributed by atoms with Crippen LogP contribution in [-0.2, 0) is 0 Å². The molecule has 4 nitrogen and oxygen atoms in total. The lowest BCUT2D eigenvalue weighted by molar-refractivity contribution is 0.728. The van der Waals surface area contributed by atoms with Gasteiger partial charge in [0, 0.05) is 16.9 Å². The van der Waals surface area contributed by atoms with Gasteiger partial charge in [0.25, 0.3) is 0 Å². The first kappa shape index (κ1) is 11.3. The van der Waals surface area contributed by atoms with Gasteiger partial charge in [-0.25, -0.2) is 5.01 Å². The van der Waals surface area contributed by atoms with E-state index in [4.69, 9.17) is 0 Å². The number of anilines is 1. The average Bonchev–Trinajstić information content (AvgIpc) is 2.90. The number of halogens is 1. The lowest BCUT2D eigenvalue weighted by Gasteiger charge is -2.21. The largest absolute Gasteiger partial charge is 0.264 e. The summed E-state index contributed by atoms with van der Waals surface area (Å²) in [6, 6.07) is 12.2. The number of hydrogen-bond donors (Lipinski definition) is 0. The van der Waals surface area contributed by atoms with Crippen molar-refractivity contribution in [3.05, 3.63) is 58.8 Å². The van der Waals surface area contributed by atoms with Crippen LogP contribution in [0.2, 0.25) is 0 Å². The molecule has 0 N–H and O–H groups in total. The fraction of sp³-hybridized carbons (Fsp3) is 0.154. The molecule has 2 heterocycles. The van der Waals surface area contributed by atoms with Gasteiger partial charge in [-0.3, -0.25) is 4.98 Å². The van der Waals surface area contributed by atoms with E-state index >= 15 is 0 Å². The van der Waals surface area contributed by atoms with Crippen molar-refractivity contribution in [2.24, 2.45) is 10.3 Å². The Labute approximate surface area is 113 Å². The molecule has 1 aromatic carbocycles. The predicted molar refractivity (Wildman–Crippen MR) is 73.3 cm³/mol. The molecule has 0 saturated carbocycles. The predicted octanol–water partition coefficient (Wildman–Crippen LogP) is 3.77. The van der Waals surface area contributed by atoms with Crippen LogP contribution in [0.5, 0.6) is 0 Å². The van der Waals surface area contributed by atoms with E-state index in [1.165, 1.54) is 0 Å². The monoisotopic (exact) mass is 302 g/mol. The van der Waals surface area contributed by atoms with Crippen molar-refractivity contribution in [3.63, 3.8) is 0 Å². The molecular formula is C13H11BrN4. The molecule has 0 aliphatic carbocycles. The van der Waals surface area contributed by atoms with Crippen molar-refractivity contribution >= 4 is 21.6 Å². The van der Waals surface area contributed by atoms with E-state index in [2.05, 4.69) is 37.3 Å². The van der Waals surface area contributed by atoms with Gasteiger partial charge >= 0.3 is 0 Å². The number of nitrogens with zero attached hydrogens (tertiary/aromatic N) is 4. The smallest absolute Gasteiger partial charge is 0.102 e. The highest BCUT2D eigenvalue weighted by molar-refractivity contribution is 9.10. The quantitative estimate of drug-likeness (QED) is 0.847. The van der Waals surface area contributed by atoms with Gasteiger partial charge < -0.3 is 0 Å². The molecular weight excluding hydrogens is 292 g/mol. The normalized spacial score (nSPS) is 18.3. The highest BCUT2D eigenvalue weighted by atomic mass is 79.9. The van der Waals surface area contributed by atoms with Crippen molar-refractivity contribution < 1.29 is 0 Å². The second-order valence-corrected chi connectivity index (χ2v) is 4.95. The molecule has 3 rings (SSSR count). The summed E-state index contributed by atoms with van der Waals surface area (Å²) in [6.45, 7) is 0.668. The maximum Gasteiger partial charge on any atom is 0.102 e. The van der Waals surface area contributed by atoms with Crippen LogP contribution in [0.4, 0.5) is 5.69 Å². The summed E-state index contributed by atoms with van der Waals surface area (Å²) in [5.41, 5.74) is 2.17. The topological polar surface area (TPSA) is 40.9 Å². The van der Waals surface area contributed by atoms with Gasteiger partial charge in [-0.15, -0.1) is 0 Å². The molecule has 1 aromatic heterocycles. The molecule has 1 unspecified atom stereocenters. The first-order valence-corrected chi connectivity index (χ1v) is 6.46. The summed E-state index contributed by atoms with van der Waals surface area (Å²) in [4.78, 5) is 4.15. The van der Waals surface area contributed by atoms with Gasteiger partial charge in [0.15, 0.2) is 0 Å². The maximum absolute atomic E-state index is 4.21. The molecule has 1 aliphatic rings. The van der Waals surface area contributed by atoms with Gasteiger partial charge in [-0.05, 0) is 35.9 Å². The van der Waals surface area contributed by atoms with E-state index in [1.807, 2.05) is 41.5 Å². The SMILES string of the molecule is Brc1ccc(N2N=NCC2c2cccnc2)cc1. The Morgan fingerprint density at radius 1 is 1.17 bits per heavy atom.